The number of benzene rings is 1. The molecule has 0 fully saturated rings. The van der Waals surface area contributed by atoms with Crippen molar-refractivity contribution in [1.82, 2.24) is 10.6 Å². The molecule has 22 heavy (non-hydrogen) atoms. The van der Waals surface area contributed by atoms with Gasteiger partial charge in [-0.15, -0.1) is 6.42 Å². The molecule has 0 bridgehead atoms. The molecule has 0 spiro atoms. The van der Waals surface area contributed by atoms with Gasteiger partial charge in [0.25, 0.3) is 5.91 Å². The zero-order valence-electron chi connectivity index (χ0n) is 12.1. The number of carbonyl (C=O) groups is 2. The SMILES string of the molecule is C#C[C@H](C)NC(=O)[C@H](NC(=O)c1cc(Cl)ccc1Cl)[C@@H](C)O. The van der Waals surface area contributed by atoms with Gasteiger partial charge in [-0.05, 0) is 32.0 Å². The maximum atomic E-state index is 12.2. The Morgan fingerprint density at radius 1 is 1.27 bits per heavy atom. The van der Waals surface area contributed by atoms with Gasteiger partial charge in [0.05, 0.1) is 22.7 Å². The van der Waals surface area contributed by atoms with Crippen LogP contribution in [0.5, 0.6) is 0 Å². The molecule has 1 aromatic carbocycles. The summed E-state index contributed by atoms with van der Waals surface area (Å²) in [6.07, 6.45) is 4.06. The number of rotatable bonds is 5. The van der Waals surface area contributed by atoms with E-state index in [4.69, 9.17) is 29.6 Å². The lowest BCUT2D eigenvalue weighted by Gasteiger charge is -2.22. The second-order valence-corrected chi connectivity index (χ2v) is 5.56. The van der Waals surface area contributed by atoms with Crippen molar-refractivity contribution in [3.63, 3.8) is 0 Å². The molecule has 7 heteroatoms. The summed E-state index contributed by atoms with van der Waals surface area (Å²) in [5, 5.41) is 15.1. The number of carbonyl (C=O) groups excluding carboxylic acids is 2. The van der Waals surface area contributed by atoms with Gasteiger partial charge in [-0.1, -0.05) is 29.1 Å². The van der Waals surface area contributed by atoms with Gasteiger partial charge < -0.3 is 15.7 Å². The van der Waals surface area contributed by atoms with Crippen molar-refractivity contribution in [2.75, 3.05) is 0 Å². The summed E-state index contributed by atoms with van der Waals surface area (Å²) >= 11 is 11.8. The van der Waals surface area contributed by atoms with Gasteiger partial charge in [0.2, 0.25) is 5.91 Å². The molecule has 0 aromatic heterocycles. The normalized spacial score (nSPS) is 14.4. The van der Waals surface area contributed by atoms with E-state index in [2.05, 4.69) is 16.6 Å². The van der Waals surface area contributed by atoms with E-state index >= 15 is 0 Å². The number of nitrogens with one attached hydrogen (secondary N) is 2. The predicted molar refractivity (Wildman–Crippen MR) is 85.8 cm³/mol. The fourth-order valence-electron chi connectivity index (χ4n) is 1.64. The van der Waals surface area contributed by atoms with Crippen molar-refractivity contribution in [2.45, 2.75) is 32.0 Å². The molecule has 3 atom stereocenters. The molecule has 1 rings (SSSR count). The molecule has 118 valence electrons. The van der Waals surface area contributed by atoms with Crippen molar-refractivity contribution in [3.05, 3.63) is 33.8 Å². The third-order valence-electron chi connectivity index (χ3n) is 2.83. The molecule has 0 saturated heterocycles. The first kappa shape index (κ1) is 18.3. The van der Waals surface area contributed by atoms with E-state index in [1.807, 2.05) is 0 Å². The lowest BCUT2D eigenvalue weighted by molar-refractivity contribution is -0.125. The number of hydrogen-bond acceptors (Lipinski definition) is 3. The fourth-order valence-corrected chi connectivity index (χ4v) is 2.02. The van der Waals surface area contributed by atoms with Gasteiger partial charge in [0.15, 0.2) is 0 Å². The van der Waals surface area contributed by atoms with Crippen LogP contribution in [0.1, 0.15) is 24.2 Å². The van der Waals surface area contributed by atoms with Crippen LogP contribution in [-0.4, -0.2) is 35.1 Å². The van der Waals surface area contributed by atoms with Crippen molar-refractivity contribution in [3.8, 4) is 12.3 Å². The first-order chi connectivity index (χ1) is 10.3. The van der Waals surface area contributed by atoms with Gasteiger partial charge in [-0.25, -0.2) is 0 Å². The molecule has 0 aliphatic heterocycles. The number of terminal acetylenes is 1. The summed E-state index contributed by atoms with van der Waals surface area (Å²) in [6.45, 7) is 2.98. The number of aliphatic hydroxyl groups excluding tert-OH is 1. The van der Waals surface area contributed by atoms with Crippen LogP contribution in [0, 0.1) is 12.3 Å². The standard InChI is InChI=1S/C15H16Cl2N2O3/c1-4-8(2)18-15(22)13(9(3)20)19-14(21)11-7-10(16)5-6-12(11)17/h1,5-9,13,20H,2-3H3,(H,18,22)(H,19,21)/t8-,9+,13+/m0/s1. The summed E-state index contributed by atoms with van der Waals surface area (Å²) in [7, 11) is 0. The lowest BCUT2D eigenvalue weighted by atomic mass is 10.1. The van der Waals surface area contributed by atoms with Crippen LogP contribution in [0.15, 0.2) is 18.2 Å². The van der Waals surface area contributed by atoms with Gasteiger partial charge in [0.1, 0.15) is 6.04 Å². The number of hydrogen-bond donors (Lipinski definition) is 3. The largest absolute Gasteiger partial charge is 0.391 e. The van der Waals surface area contributed by atoms with Crippen LogP contribution in [0.2, 0.25) is 10.0 Å². The first-order valence-electron chi connectivity index (χ1n) is 6.46. The predicted octanol–water partition coefficient (Wildman–Crippen LogP) is 1.61. The minimum atomic E-state index is -1.17. The fraction of sp³-hybridized carbons (Fsp3) is 0.333. The Bertz CT molecular complexity index is 611. The van der Waals surface area contributed by atoms with Gasteiger partial charge in [-0.3, -0.25) is 9.59 Å². The van der Waals surface area contributed by atoms with Crippen molar-refractivity contribution >= 4 is 35.0 Å². The van der Waals surface area contributed by atoms with Gasteiger partial charge in [0, 0.05) is 5.02 Å². The quantitative estimate of drug-likeness (QED) is 0.711. The highest BCUT2D eigenvalue weighted by Gasteiger charge is 2.27. The van der Waals surface area contributed by atoms with Gasteiger partial charge in [-0.2, -0.15) is 0 Å². The molecule has 2 amide bonds. The van der Waals surface area contributed by atoms with Crippen molar-refractivity contribution in [2.24, 2.45) is 0 Å². The Hall–Kier alpha value is -1.74. The minimum absolute atomic E-state index is 0.109. The molecule has 0 unspecified atom stereocenters. The average Bonchev–Trinajstić information content (AvgIpc) is 2.46. The van der Waals surface area contributed by atoms with Crippen molar-refractivity contribution < 1.29 is 14.7 Å². The highest BCUT2D eigenvalue weighted by molar-refractivity contribution is 6.35. The average molecular weight is 343 g/mol. The molecule has 3 N–H and O–H groups in total. The number of amides is 2. The number of halogens is 2. The van der Waals surface area contributed by atoms with Gasteiger partial charge >= 0.3 is 0 Å². The Balaban J connectivity index is 2.91. The summed E-state index contributed by atoms with van der Waals surface area (Å²) in [5.74, 6) is 1.11. The van der Waals surface area contributed by atoms with E-state index < -0.39 is 30.0 Å². The zero-order valence-corrected chi connectivity index (χ0v) is 13.6. The maximum absolute atomic E-state index is 12.2. The summed E-state index contributed by atoms with van der Waals surface area (Å²) in [5.41, 5.74) is 0.109. The molecule has 0 aliphatic carbocycles. The lowest BCUT2D eigenvalue weighted by Crippen LogP contribution is -2.53. The highest BCUT2D eigenvalue weighted by atomic mass is 35.5. The first-order valence-corrected chi connectivity index (χ1v) is 7.22. The maximum Gasteiger partial charge on any atom is 0.253 e. The van der Waals surface area contributed by atoms with E-state index in [-0.39, 0.29) is 10.6 Å². The van der Waals surface area contributed by atoms with Crippen LogP contribution < -0.4 is 10.6 Å². The third kappa shape index (κ3) is 4.92. The van der Waals surface area contributed by atoms with Crippen LogP contribution in [0.3, 0.4) is 0 Å². The summed E-state index contributed by atoms with van der Waals surface area (Å²) < 4.78 is 0. The zero-order chi connectivity index (χ0) is 16.9. The molecule has 0 aliphatic rings. The Kier molecular flexibility index (Phi) is 6.69. The van der Waals surface area contributed by atoms with E-state index in [1.54, 1.807) is 6.92 Å². The second kappa shape index (κ2) is 8.04. The molecule has 0 saturated carbocycles. The monoisotopic (exact) mass is 342 g/mol. The second-order valence-electron chi connectivity index (χ2n) is 4.71. The van der Waals surface area contributed by atoms with E-state index in [1.165, 1.54) is 25.1 Å². The minimum Gasteiger partial charge on any atom is -0.391 e. The molecular formula is C15H16Cl2N2O3. The molecule has 5 nitrogen and oxygen atoms in total. The Morgan fingerprint density at radius 2 is 1.91 bits per heavy atom. The molecular weight excluding hydrogens is 327 g/mol. The highest BCUT2D eigenvalue weighted by Crippen LogP contribution is 2.20. The molecule has 0 heterocycles. The Labute approximate surface area is 139 Å². The van der Waals surface area contributed by atoms with Crippen LogP contribution in [0.25, 0.3) is 0 Å². The third-order valence-corrected chi connectivity index (χ3v) is 3.40. The Morgan fingerprint density at radius 3 is 2.45 bits per heavy atom. The van der Waals surface area contributed by atoms with Crippen LogP contribution in [-0.2, 0) is 4.79 Å². The van der Waals surface area contributed by atoms with E-state index in [9.17, 15) is 14.7 Å². The van der Waals surface area contributed by atoms with E-state index in [0.717, 1.165) is 0 Å². The van der Waals surface area contributed by atoms with Crippen LogP contribution in [0.4, 0.5) is 0 Å². The number of aliphatic hydroxyl groups is 1. The molecule has 1 aromatic rings. The summed E-state index contributed by atoms with van der Waals surface area (Å²) in [6, 6.07) is 2.68. The van der Waals surface area contributed by atoms with E-state index in [0.29, 0.717) is 5.02 Å². The smallest absolute Gasteiger partial charge is 0.253 e. The molecule has 0 radical (unpaired) electrons. The van der Waals surface area contributed by atoms with Crippen molar-refractivity contribution in [1.29, 1.82) is 0 Å². The summed E-state index contributed by atoms with van der Waals surface area (Å²) in [4.78, 5) is 24.2. The van der Waals surface area contributed by atoms with Crippen LogP contribution >= 0.6 is 23.2 Å². The topological polar surface area (TPSA) is 78.4 Å².